The largest absolute Gasteiger partial charge is 0.491 e. The Labute approximate surface area is 222 Å². The first-order chi connectivity index (χ1) is 17.9. The Morgan fingerprint density at radius 2 is 1.78 bits per heavy atom. The second kappa shape index (κ2) is 10.5. The first kappa shape index (κ1) is 25.2. The van der Waals surface area contributed by atoms with Gasteiger partial charge in [-0.25, -0.2) is 13.0 Å². The Morgan fingerprint density at radius 3 is 2.51 bits per heavy atom. The zero-order valence-electron chi connectivity index (χ0n) is 21.1. The lowest BCUT2D eigenvalue weighted by molar-refractivity contribution is -0.659. The van der Waals surface area contributed by atoms with Gasteiger partial charge < -0.3 is 14.4 Å². The molecule has 0 saturated heterocycles. The predicted octanol–water partition coefficient (Wildman–Crippen LogP) is 6.70. The molecule has 0 aliphatic carbocycles. The van der Waals surface area contributed by atoms with Gasteiger partial charge in [0.2, 0.25) is 11.4 Å². The van der Waals surface area contributed by atoms with Crippen molar-refractivity contribution in [3.8, 4) is 16.9 Å². The quantitative estimate of drug-likeness (QED) is 0.237. The minimum atomic E-state index is -3.45. The van der Waals surface area contributed by atoms with Crippen LogP contribution in [0.2, 0.25) is 0 Å². The highest BCUT2D eigenvalue weighted by atomic mass is 32.2. The topological polar surface area (TPSA) is 64.6 Å². The molecule has 0 spiro atoms. The smallest absolute Gasteiger partial charge is 0.261 e. The summed E-state index contributed by atoms with van der Waals surface area (Å²) in [5.41, 5.74) is 5.40. The molecular formula is C29H29N3O3S2. The summed E-state index contributed by atoms with van der Waals surface area (Å²) in [5.74, 6) is 1.62. The number of anilines is 1. The number of rotatable bonds is 8. The maximum Gasteiger partial charge on any atom is 0.261 e. The SMILES string of the molecule is CC/C(C=C1Oc2ccc(-c3ccccc3)cc2N1CC)=C\c1sc2ccccc2[n+]1C[N-]S(C)(=O)=O. The standard InChI is InChI=1S/C29H29N3O3S2/c1-4-21(18-29-32(20-30-37(3,33)34)24-13-9-10-14-27(24)36-29)17-28-31(5-2)25-19-23(15-16-26(25)35-28)22-11-7-6-8-12-22/h6-19H,4-5,20H2,1-3H3. The maximum atomic E-state index is 11.8. The van der Waals surface area contributed by atoms with Crippen molar-refractivity contribution < 1.29 is 17.7 Å². The Hall–Kier alpha value is -3.46. The number of ether oxygens (including phenoxy) is 1. The zero-order valence-corrected chi connectivity index (χ0v) is 22.7. The number of sulfonamides is 1. The fraction of sp³-hybridized carbons (Fsp3) is 0.207. The monoisotopic (exact) mass is 531 g/mol. The molecule has 37 heavy (non-hydrogen) atoms. The molecule has 5 rings (SSSR count). The third kappa shape index (κ3) is 5.46. The number of nitrogens with zero attached hydrogens (tertiary/aromatic N) is 3. The third-order valence-electron chi connectivity index (χ3n) is 6.25. The summed E-state index contributed by atoms with van der Waals surface area (Å²) in [7, 11) is -3.45. The Balaban J connectivity index is 1.51. The molecule has 0 radical (unpaired) electrons. The van der Waals surface area contributed by atoms with Gasteiger partial charge >= 0.3 is 0 Å². The molecule has 2 heterocycles. The lowest BCUT2D eigenvalue weighted by atomic mass is 10.0. The van der Waals surface area contributed by atoms with E-state index in [1.54, 1.807) is 11.3 Å². The summed E-state index contributed by atoms with van der Waals surface area (Å²) < 4.78 is 36.7. The molecule has 0 atom stereocenters. The zero-order chi connectivity index (χ0) is 26.0. The molecule has 8 heteroatoms. The van der Waals surface area contributed by atoms with Crippen molar-refractivity contribution in [2.24, 2.45) is 0 Å². The number of thiazole rings is 1. The highest BCUT2D eigenvalue weighted by Gasteiger charge is 2.26. The van der Waals surface area contributed by atoms with Crippen LogP contribution in [-0.4, -0.2) is 21.2 Å². The van der Waals surface area contributed by atoms with Crippen molar-refractivity contribution in [1.29, 1.82) is 0 Å². The van der Waals surface area contributed by atoms with Crippen LogP contribution in [0.1, 0.15) is 25.3 Å². The Bertz CT molecular complexity index is 1610. The summed E-state index contributed by atoms with van der Waals surface area (Å²) in [5, 5.41) is 0.937. The molecule has 0 N–H and O–H groups in total. The van der Waals surface area contributed by atoms with E-state index in [9.17, 15) is 8.42 Å². The first-order valence-corrected chi connectivity index (χ1v) is 14.9. The summed E-state index contributed by atoms with van der Waals surface area (Å²) >= 11 is 1.62. The van der Waals surface area contributed by atoms with Gasteiger partial charge in [0.05, 0.1) is 22.4 Å². The van der Waals surface area contributed by atoms with E-state index in [-0.39, 0.29) is 6.67 Å². The van der Waals surface area contributed by atoms with Crippen LogP contribution in [0, 0.1) is 0 Å². The second-order valence-corrected chi connectivity index (χ2v) is 11.6. The number of hydrogen-bond donors (Lipinski definition) is 0. The van der Waals surface area contributed by atoms with Crippen molar-refractivity contribution in [2.45, 2.75) is 26.9 Å². The fourth-order valence-electron chi connectivity index (χ4n) is 4.38. The number of fused-ring (bicyclic) bond motifs is 2. The van der Waals surface area contributed by atoms with Crippen LogP contribution >= 0.6 is 11.3 Å². The van der Waals surface area contributed by atoms with Gasteiger partial charge in [0.25, 0.3) is 5.01 Å². The van der Waals surface area contributed by atoms with Gasteiger partial charge in [-0.2, -0.15) is 0 Å². The van der Waals surface area contributed by atoms with Crippen LogP contribution in [-0.2, 0) is 16.7 Å². The third-order valence-corrected chi connectivity index (χ3v) is 7.95. The number of aromatic nitrogens is 1. The van der Waals surface area contributed by atoms with Crippen LogP contribution in [0.15, 0.2) is 90.3 Å². The molecule has 0 unspecified atom stereocenters. The summed E-state index contributed by atoms with van der Waals surface area (Å²) in [6, 6.07) is 24.6. The van der Waals surface area contributed by atoms with E-state index >= 15 is 0 Å². The van der Waals surface area contributed by atoms with Crippen molar-refractivity contribution in [2.75, 3.05) is 17.7 Å². The van der Waals surface area contributed by atoms with E-state index in [2.05, 4.69) is 59.9 Å². The van der Waals surface area contributed by atoms with Crippen molar-refractivity contribution in [3.63, 3.8) is 0 Å². The Kier molecular flexibility index (Phi) is 7.15. The molecular weight excluding hydrogens is 502 g/mol. The van der Waals surface area contributed by atoms with Gasteiger partial charge in [-0.3, -0.25) is 0 Å². The summed E-state index contributed by atoms with van der Waals surface area (Å²) in [6.07, 6.45) is 6.09. The minimum Gasteiger partial charge on any atom is -0.491 e. The van der Waals surface area contributed by atoms with E-state index in [4.69, 9.17) is 4.74 Å². The minimum absolute atomic E-state index is 0.0491. The molecule has 1 aliphatic rings. The molecule has 6 nitrogen and oxygen atoms in total. The fourth-order valence-corrected chi connectivity index (χ4v) is 5.83. The van der Waals surface area contributed by atoms with E-state index in [1.165, 1.54) is 5.56 Å². The number of allylic oxidation sites excluding steroid dienone is 2. The van der Waals surface area contributed by atoms with Crippen LogP contribution < -0.4 is 14.2 Å². The number of benzene rings is 3. The van der Waals surface area contributed by atoms with Gasteiger partial charge in [-0.1, -0.05) is 66.8 Å². The van der Waals surface area contributed by atoms with Crippen LogP contribution in [0.25, 0.3) is 32.1 Å². The molecule has 3 aromatic carbocycles. The van der Waals surface area contributed by atoms with Gasteiger partial charge in [-0.05, 0) is 48.2 Å². The highest BCUT2D eigenvalue weighted by Crippen LogP contribution is 2.42. The van der Waals surface area contributed by atoms with E-state index in [0.29, 0.717) is 0 Å². The van der Waals surface area contributed by atoms with Crippen molar-refractivity contribution in [1.82, 2.24) is 0 Å². The number of hydrogen-bond acceptors (Lipinski definition) is 5. The molecule has 1 aliphatic heterocycles. The first-order valence-electron chi connectivity index (χ1n) is 12.2. The lowest BCUT2D eigenvalue weighted by Gasteiger charge is -2.16. The normalized spacial score (nSPS) is 14.8. The van der Waals surface area contributed by atoms with Gasteiger partial charge in [0, 0.05) is 31.0 Å². The molecule has 190 valence electrons. The summed E-state index contributed by atoms with van der Waals surface area (Å²) in [4.78, 5) is 2.18. The van der Waals surface area contributed by atoms with E-state index < -0.39 is 10.0 Å². The molecule has 0 bridgehead atoms. The van der Waals surface area contributed by atoms with Gasteiger partial charge in [0.1, 0.15) is 4.70 Å². The average Bonchev–Trinajstić information content (AvgIpc) is 3.43. The molecule has 1 aromatic heterocycles. The molecule has 4 aromatic rings. The van der Waals surface area contributed by atoms with Crippen LogP contribution in [0.5, 0.6) is 5.75 Å². The van der Waals surface area contributed by atoms with Crippen LogP contribution in [0.4, 0.5) is 5.69 Å². The predicted molar refractivity (Wildman–Crippen MR) is 152 cm³/mol. The molecule has 0 amide bonds. The van der Waals surface area contributed by atoms with E-state index in [0.717, 1.165) is 62.9 Å². The maximum absolute atomic E-state index is 11.8. The van der Waals surface area contributed by atoms with Crippen molar-refractivity contribution >= 4 is 43.3 Å². The average molecular weight is 532 g/mol. The summed E-state index contributed by atoms with van der Waals surface area (Å²) in [6.45, 7) is 5.04. The van der Waals surface area contributed by atoms with Gasteiger partial charge in [0.15, 0.2) is 5.75 Å². The Morgan fingerprint density at radius 1 is 1.03 bits per heavy atom. The molecule has 0 fully saturated rings. The van der Waals surface area contributed by atoms with E-state index in [1.807, 2.05) is 53.1 Å². The van der Waals surface area contributed by atoms with Crippen molar-refractivity contribution in [3.05, 3.63) is 100 Å². The second-order valence-electron chi connectivity index (χ2n) is 8.79. The molecule has 0 saturated carbocycles. The lowest BCUT2D eigenvalue weighted by Crippen LogP contribution is -2.35. The van der Waals surface area contributed by atoms with Gasteiger partial charge in [-0.15, -0.1) is 0 Å². The van der Waals surface area contributed by atoms with Crippen LogP contribution in [0.3, 0.4) is 0 Å². The highest BCUT2D eigenvalue weighted by molar-refractivity contribution is 7.93. The number of para-hydroxylation sites is 1.